The lowest BCUT2D eigenvalue weighted by Crippen LogP contribution is -2.57. The molecule has 0 saturated carbocycles. The molecule has 0 radical (unpaired) electrons. The van der Waals surface area contributed by atoms with Gasteiger partial charge in [0, 0.05) is 13.1 Å². The average molecular weight is 248 g/mol. The topological polar surface area (TPSA) is 103 Å². The molecule has 7 nitrogen and oxygen atoms in total. The molecular weight excluding hydrogens is 228 g/mol. The Bertz CT molecular complexity index is 217. The van der Waals surface area contributed by atoms with E-state index in [2.05, 4.69) is 10.1 Å². The Labute approximate surface area is 100 Å². The van der Waals surface area contributed by atoms with Crippen molar-refractivity contribution in [1.82, 2.24) is 5.32 Å². The first-order chi connectivity index (χ1) is 8.22. The molecule has 0 aromatic rings. The molecule has 4 N–H and O–H groups in total. The van der Waals surface area contributed by atoms with Gasteiger partial charge in [0.05, 0.1) is 26.4 Å². The average Bonchev–Trinajstić information content (AvgIpc) is 2.76. The van der Waals surface area contributed by atoms with Gasteiger partial charge in [-0.1, -0.05) is 0 Å². The molecule has 3 rings (SSSR count). The fourth-order valence-corrected chi connectivity index (χ4v) is 1.23. The van der Waals surface area contributed by atoms with Crippen molar-refractivity contribution in [3.8, 4) is 0 Å². The van der Waals surface area contributed by atoms with Crippen molar-refractivity contribution in [1.29, 1.82) is 0 Å². The predicted octanol–water partition coefficient (Wildman–Crippen LogP) is -2.14. The maximum absolute atomic E-state index is 9.77. The normalized spacial score (nSPS) is 23.8. The summed E-state index contributed by atoms with van der Waals surface area (Å²) in [5.41, 5.74) is 4.72. The number of ether oxygens (including phenoxy) is 3. The highest BCUT2D eigenvalue weighted by atomic mass is 16.6. The Morgan fingerprint density at radius 3 is 2.06 bits per heavy atom. The quantitative estimate of drug-likeness (QED) is 0.486. The first-order valence-corrected chi connectivity index (χ1v) is 5.59. The molecule has 3 saturated heterocycles. The minimum atomic E-state index is -0.0556. The van der Waals surface area contributed by atoms with Crippen LogP contribution in [0.25, 0.3) is 0 Å². The lowest BCUT2D eigenvalue weighted by atomic mass is 10.2. The summed E-state index contributed by atoms with van der Waals surface area (Å²) in [7, 11) is 0. The zero-order valence-electron chi connectivity index (χ0n) is 9.81. The van der Waals surface area contributed by atoms with Gasteiger partial charge in [0.1, 0.15) is 13.2 Å². The second-order valence-electron chi connectivity index (χ2n) is 3.81. The van der Waals surface area contributed by atoms with Crippen LogP contribution < -0.4 is 11.1 Å². The van der Waals surface area contributed by atoms with E-state index in [9.17, 15) is 4.79 Å². The summed E-state index contributed by atoms with van der Waals surface area (Å²) in [6.07, 6.45) is 0. The van der Waals surface area contributed by atoms with E-state index < -0.39 is 0 Å². The number of aliphatic hydroxyl groups is 1. The van der Waals surface area contributed by atoms with Crippen LogP contribution in [0.5, 0.6) is 0 Å². The first kappa shape index (κ1) is 14.5. The largest absolute Gasteiger partial charge is 0.395 e. The maximum Gasteiger partial charge on any atom is 0.184 e. The zero-order valence-corrected chi connectivity index (χ0v) is 9.81. The van der Waals surface area contributed by atoms with Gasteiger partial charge in [-0.2, -0.15) is 0 Å². The third-order valence-electron chi connectivity index (χ3n) is 2.25. The van der Waals surface area contributed by atoms with Gasteiger partial charge < -0.3 is 25.1 Å². The van der Waals surface area contributed by atoms with Gasteiger partial charge in [-0.25, -0.2) is 0 Å². The highest BCUT2D eigenvalue weighted by Crippen LogP contribution is 2.20. The summed E-state index contributed by atoms with van der Waals surface area (Å²) < 4.78 is 14.8. The predicted molar refractivity (Wildman–Crippen MR) is 59.5 cm³/mol. The van der Waals surface area contributed by atoms with Crippen molar-refractivity contribution in [2.24, 2.45) is 5.73 Å². The number of hydrogen-bond donors (Lipinski definition) is 3. The standard InChI is InChI=1S/C5H9NO2.C3H4O2.C2H7NO/c1-2-8-5(6-1)3-7-4-5;4-3-1-5-2-3;3-1-2-4/h6H,1-4H2;1-2H2;4H,1-3H2. The maximum atomic E-state index is 9.77. The third-order valence-corrected chi connectivity index (χ3v) is 2.25. The van der Waals surface area contributed by atoms with Crippen LogP contribution in [0.1, 0.15) is 0 Å². The highest BCUT2D eigenvalue weighted by Gasteiger charge is 2.42. The fourth-order valence-electron chi connectivity index (χ4n) is 1.23. The number of carbonyl (C=O) groups is 1. The van der Waals surface area contributed by atoms with Gasteiger partial charge in [-0.15, -0.1) is 0 Å². The molecule has 3 aliphatic heterocycles. The van der Waals surface area contributed by atoms with Crippen LogP contribution >= 0.6 is 0 Å². The minimum absolute atomic E-state index is 0.0556. The van der Waals surface area contributed by atoms with Crippen LogP contribution in [0.4, 0.5) is 0 Å². The second kappa shape index (κ2) is 7.70. The van der Waals surface area contributed by atoms with Crippen molar-refractivity contribution < 1.29 is 24.1 Å². The van der Waals surface area contributed by atoms with E-state index in [1.54, 1.807) is 0 Å². The molecule has 17 heavy (non-hydrogen) atoms. The molecule has 0 atom stereocenters. The monoisotopic (exact) mass is 248 g/mol. The SMILES string of the molecule is C1COC2(COC2)N1.NCCO.O=C1COC1. The van der Waals surface area contributed by atoms with Crippen LogP contribution in [0.2, 0.25) is 0 Å². The molecule has 0 unspecified atom stereocenters. The highest BCUT2D eigenvalue weighted by molar-refractivity contribution is 5.84. The van der Waals surface area contributed by atoms with E-state index in [1.807, 2.05) is 0 Å². The summed E-state index contributed by atoms with van der Waals surface area (Å²) in [5, 5.41) is 11.0. The van der Waals surface area contributed by atoms with E-state index in [-0.39, 0.29) is 18.1 Å². The van der Waals surface area contributed by atoms with Crippen molar-refractivity contribution >= 4 is 5.78 Å². The van der Waals surface area contributed by atoms with Crippen molar-refractivity contribution in [3.05, 3.63) is 0 Å². The summed E-state index contributed by atoms with van der Waals surface area (Å²) in [6, 6.07) is 0. The third kappa shape index (κ3) is 5.07. The lowest BCUT2D eigenvalue weighted by Gasteiger charge is -2.36. The molecule has 3 heterocycles. The number of hydrogen-bond acceptors (Lipinski definition) is 7. The molecule has 0 amide bonds. The number of Topliss-reactive ketones (excluding diaryl/α,β-unsaturated/α-hetero) is 1. The molecule has 100 valence electrons. The molecule has 0 aliphatic carbocycles. The van der Waals surface area contributed by atoms with Gasteiger partial charge in [-0.05, 0) is 0 Å². The Balaban J connectivity index is 0.000000140. The van der Waals surface area contributed by atoms with E-state index in [4.69, 9.17) is 20.3 Å². The Kier molecular flexibility index (Phi) is 6.56. The van der Waals surface area contributed by atoms with E-state index in [1.165, 1.54) is 0 Å². The fraction of sp³-hybridized carbons (Fsp3) is 0.900. The first-order valence-electron chi connectivity index (χ1n) is 5.59. The molecule has 3 aliphatic rings. The second-order valence-corrected chi connectivity index (χ2v) is 3.81. The van der Waals surface area contributed by atoms with Crippen LogP contribution in [-0.4, -0.2) is 69.3 Å². The zero-order chi connectivity index (χ0) is 12.6. The molecule has 0 aromatic heterocycles. The van der Waals surface area contributed by atoms with Gasteiger partial charge in [0.25, 0.3) is 0 Å². The summed E-state index contributed by atoms with van der Waals surface area (Å²) >= 11 is 0. The number of ketones is 1. The number of rotatable bonds is 1. The van der Waals surface area contributed by atoms with Gasteiger partial charge >= 0.3 is 0 Å². The van der Waals surface area contributed by atoms with Crippen molar-refractivity contribution in [2.45, 2.75) is 5.72 Å². The number of nitrogens with two attached hydrogens (primary N) is 1. The van der Waals surface area contributed by atoms with Crippen LogP contribution in [0, 0.1) is 0 Å². The Morgan fingerprint density at radius 2 is 1.94 bits per heavy atom. The molecule has 0 bridgehead atoms. The Hall–Kier alpha value is -0.570. The number of aliphatic hydroxyl groups excluding tert-OH is 1. The molecule has 1 spiro atoms. The van der Waals surface area contributed by atoms with Crippen LogP contribution in [-0.2, 0) is 19.0 Å². The Morgan fingerprint density at radius 1 is 1.35 bits per heavy atom. The van der Waals surface area contributed by atoms with Gasteiger partial charge in [0.15, 0.2) is 11.5 Å². The minimum Gasteiger partial charge on any atom is -0.395 e. The molecule has 0 aromatic carbocycles. The van der Waals surface area contributed by atoms with Crippen molar-refractivity contribution in [3.63, 3.8) is 0 Å². The summed E-state index contributed by atoms with van der Waals surface area (Å²) in [5.74, 6) is 0.213. The molecule has 3 fully saturated rings. The summed E-state index contributed by atoms with van der Waals surface area (Å²) in [4.78, 5) is 9.77. The van der Waals surface area contributed by atoms with Crippen LogP contribution in [0.3, 0.4) is 0 Å². The number of nitrogens with one attached hydrogen (secondary N) is 1. The van der Waals surface area contributed by atoms with E-state index in [0.29, 0.717) is 19.8 Å². The van der Waals surface area contributed by atoms with Gasteiger partial charge in [0.2, 0.25) is 0 Å². The molecule has 7 heteroatoms. The molecular formula is C10H20N2O5. The smallest absolute Gasteiger partial charge is 0.184 e. The van der Waals surface area contributed by atoms with E-state index >= 15 is 0 Å². The van der Waals surface area contributed by atoms with Gasteiger partial charge in [-0.3, -0.25) is 10.1 Å². The number of carbonyl (C=O) groups excluding carboxylic acids is 1. The van der Waals surface area contributed by atoms with Crippen LogP contribution in [0.15, 0.2) is 0 Å². The van der Waals surface area contributed by atoms with Crippen molar-refractivity contribution in [2.75, 3.05) is 52.7 Å². The van der Waals surface area contributed by atoms with E-state index in [0.717, 1.165) is 26.4 Å². The summed E-state index contributed by atoms with van der Waals surface area (Å²) in [6.45, 7) is 4.44. The lowest BCUT2D eigenvalue weighted by molar-refractivity contribution is -0.195.